The molecule has 4 rings (SSSR count). The first kappa shape index (κ1) is 25.0. The van der Waals surface area contributed by atoms with Crippen LogP contribution in [-0.2, 0) is 10.2 Å². The van der Waals surface area contributed by atoms with E-state index in [4.69, 9.17) is 18.9 Å². The highest BCUT2D eigenvalue weighted by Gasteiger charge is 2.35. The number of thiazole rings is 1. The van der Waals surface area contributed by atoms with Gasteiger partial charge in [0.2, 0.25) is 0 Å². The highest BCUT2D eigenvalue weighted by molar-refractivity contribution is 7.17. The van der Waals surface area contributed by atoms with Crippen molar-refractivity contribution in [1.82, 2.24) is 10.3 Å². The first-order valence-corrected chi connectivity index (χ1v) is 12.6. The van der Waals surface area contributed by atoms with E-state index in [-0.39, 0.29) is 11.3 Å². The van der Waals surface area contributed by atoms with Gasteiger partial charge in [-0.2, -0.15) is 0 Å². The molecule has 1 aliphatic heterocycles. The summed E-state index contributed by atoms with van der Waals surface area (Å²) in [4.78, 5) is 18.5. The van der Waals surface area contributed by atoms with Gasteiger partial charge in [-0.1, -0.05) is 12.1 Å². The van der Waals surface area contributed by atoms with E-state index in [0.717, 1.165) is 29.2 Å². The fourth-order valence-electron chi connectivity index (χ4n) is 4.43. The van der Waals surface area contributed by atoms with Crippen molar-refractivity contribution in [2.24, 2.45) is 0 Å². The summed E-state index contributed by atoms with van der Waals surface area (Å²) in [5.74, 6) is 2.02. The molecule has 0 radical (unpaired) electrons. The molecular weight excluding hydrogens is 464 g/mol. The number of nitrogens with zero attached hydrogens (tertiary/aromatic N) is 1. The van der Waals surface area contributed by atoms with Gasteiger partial charge in [0.15, 0.2) is 11.5 Å². The van der Waals surface area contributed by atoms with Gasteiger partial charge in [0.1, 0.15) is 15.6 Å². The van der Waals surface area contributed by atoms with E-state index in [1.54, 1.807) is 14.2 Å². The monoisotopic (exact) mass is 496 g/mol. The van der Waals surface area contributed by atoms with Crippen molar-refractivity contribution in [3.8, 4) is 27.8 Å². The van der Waals surface area contributed by atoms with Crippen molar-refractivity contribution >= 4 is 17.2 Å². The summed E-state index contributed by atoms with van der Waals surface area (Å²) in [5, 5.41) is 3.96. The van der Waals surface area contributed by atoms with Crippen LogP contribution in [0.2, 0.25) is 0 Å². The molecule has 7 nitrogen and oxygen atoms in total. The smallest absolute Gasteiger partial charge is 0.263 e. The van der Waals surface area contributed by atoms with Crippen LogP contribution in [0.1, 0.15) is 40.7 Å². The highest BCUT2D eigenvalue weighted by Crippen LogP contribution is 2.37. The largest absolute Gasteiger partial charge is 0.494 e. The predicted molar refractivity (Wildman–Crippen MR) is 137 cm³/mol. The van der Waals surface area contributed by atoms with E-state index in [0.29, 0.717) is 48.4 Å². The number of methoxy groups -OCH3 is 2. The SMILES string of the molecule is CCOc1ccc(C2(CNC(=O)c3sc(-c4ccc(OC)c(OC)c4)nc3C)CCOCC2)cc1. The Balaban J connectivity index is 1.52. The lowest BCUT2D eigenvalue weighted by atomic mass is 9.74. The van der Waals surface area contributed by atoms with Crippen molar-refractivity contribution < 1.29 is 23.7 Å². The maximum absolute atomic E-state index is 13.3. The lowest BCUT2D eigenvalue weighted by Crippen LogP contribution is -2.44. The Morgan fingerprint density at radius 2 is 1.80 bits per heavy atom. The summed E-state index contributed by atoms with van der Waals surface area (Å²) in [6, 6.07) is 13.9. The quantitative estimate of drug-likeness (QED) is 0.449. The van der Waals surface area contributed by atoms with Crippen LogP contribution in [0.25, 0.3) is 10.6 Å². The molecule has 186 valence electrons. The number of ether oxygens (including phenoxy) is 4. The first-order valence-electron chi connectivity index (χ1n) is 11.8. The molecule has 0 bridgehead atoms. The molecule has 0 spiro atoms. The number of aromatic nitrogens is 1. The minimum absolute atomic E-state index is 0.108. The van der Waals surface area contributed by atoms with Crippen LogP contribution in [-0.4, -0.2) is 51.5 Å². The fraction of sp³-hybridized carbons (Fsp3) is 0.407. The second-order valence-corrected chi connectivity index (χ2v) is 9.54. The summed E-state index contributed by atoms with van der Waals surface area (Å²) >= 11 is 1.38. The van der Waals surface area contributed by atoms with Gasteiger partial charge in [-0.25, -0.2) is 4.98 Å². The number of hydrogen-bond donors (Lipinski definition) is 1. The molecule has 0 unspecified atom stereocenters. The molecule has 2 heterocycles. The van der Waals surface area contributed by atoms with Gasteiger partial charge < -0.3 is 24.3 Å². The van der Waals surface area contributed by atoms with Gasteiger partial charge in [-0.3, -0.25) is 4.79 Å². The Labute approximate surface area is 210 Å². The maximum atomic E-state index is 13.3. The average Bonchev–Trinajstić information content (AvgIpc) is 3.29. The molecule has 0 saturated carbocycles. The minimum atomic E-state index is -0.177. The summed E-state index contributed by atoms with van der Waals surface area (Å²) in [6.07, 6.45) is 1.69. The molecule has 3 aromatic rings. The van der Waals surface area contributed by atoms with Gasteiger partial charge in [-0.15, -0.1) is 11.3 Å². The molecule has 1 fully saturated rings. The van der Waals surface area contributed by atoms with Crippen LogP contribution in [0, 0.1) is 6.92 Å². The van der Waals surface area contributed by atoms with E-state index in [1.807, 2.05) is 44.2 Å². The summed E-state index contributed by atoms with van der Waals surface area (Å²) in [5.41, 5.74) is 2.60. The van der Waals surface area contributed by atoms with Crippen molar-refractivity contribution in [2.45, 2.75) is 32.1 Å². The maximum Gasteiger partial charge on any atom is 0.263 e. The van der Waals surface area contributed by atoms with Gasteiger partial charge >= 0.3 is 0 Å². The molecular formula is C27H32N2O5S. The third-order valence-corrected chi connectivity index (χ3v) is 7.65. The molecule has 0 atom stereocenters. The Hall–Kier alpha value is -3.10. The molecule has 1 N–H and O–H groups in total. The summed E-state index contributed by atoms with van der Waals surface area (Å²) in [7, 11) is 3.20. The normalized spacial score (nSPS) is 14.9. The Morgan fingerprint density at radius 3 is 2.46 bits per heavy atom. The second-order valence-electron chi connectivity index (χ2n) is 8.54. The standard InChI is InChI=1S/C27H32N2O5S/c1-5-34-21-9-7-20(8-10-21)27(12-14-33-15-13-27)17-28-25(30)24-18(2)29-26(35-24)19-6-11-22(31-3)23(16-19)32-4/h6-11,16H,5,12-15,17H2,1-4H3,(H,28,30). The van der Waals surface area contributed by atoms with Gasteiger partial charge in [0.05, 0.1) is 26.5 Å². The van der Waals surface area contributed by atoms with Crippen LogP contribution >= 0.6 is 11.3 Å². The topological polar surface area (TPSA) is 78.9 Å². The van der Waals surface area contributed by atoms with Crippen LogP contribution in [0.4, 0.5) is 0 Å². The fourth-order valence-corrected chi connectivity index (χ4v) is 5.41. The number of benzene rings is 2. The minimum Gasteiger partial charge on any atom is -0.494 e. The van der Waals surface area contributed by atoms with Crippen molar-refractivity contribution in [3.05, 3.63) is 58.6 Å². The van der Waals surface area contributed by atoms with Crippen LogP contribution < -0.4 is 19.5 Å². The Kier molecular flexibility index (Phi) is 7.93. The molecule has 1 amide bonds. The van der Waals surface area contributed by atoms with Crippen LogP contribution in [0.15, 0.2) is 42.5 Å². The number of carbonyl (C=O) groups is 1. The number of aryl methyl sites for hydroxylation is 1. The lowest BCUT2D eigenvalue weighted by molar-refractivity contribution is 0.0487. The molecule has 1 saturated heterocycles. The average molecular weight is 497 g/mol. The molecule has 1 aliphatic rings. The number of nitrogens with one attached hydrogen (secondary N) is 1. The molecule has 0 aliphatic carbocycles. The van der Waals surface area contributed by atoms with Crippen molar-refractivity contribution in [2.75, 3.05) is 40.6 Å². The summed E-state index contributed by atoms with van der Waals surface area (Å²) in [6.45, 7) is 6.35. The Bertz CT molecular complexity index is 1150. The summed E-state index contributed by atoms with van der Waals surface area (Å²) < 4.78 is 22.0. The lowest BCUT2D eigenvalue weighted by Gasteiger charge is -2.38. The van der Waals surface area contributed by atoms with Crippen LogP contribution in [0.3, 0.4) is 0 Å². The number of carbonyl (C=O) groups excluding carboxylic acids is 1. The van der Waals surface area contributed by atoms with E-state index in [9.17, 15) is 4.79 Å². The second kappa shape index (κ2) is 11.1. The zero-order chi connectivity index (χ0) is 24.8. The van der Waals surface area contributed by atoms with E-state index < -0.39 is 0 Å². The molecule has 8 heteroatoms. The third-order valence-electron chi connectivity index (χ3n) is 6.45. The van der Waals surface area contributed by atoms with E-state index >= 15 is 0 Å². The first-order chi connectivity index (χ1) is 17.0. The third kappa shape index (κ3) is 5.44. The van der Waals surface area contributed by atoms with Gasteiger partial charge in [-0.05, 0) is 62.6 Å². The molecule has 2 aromatic carbocycles. The predicted octanol–water partition coefficient (Wildman–Crippen LogP) is 5.01. The van der Waals surface area contributed by atoms with Gasteiger partial charge in [0.25, 0.3) is 5.91 Å². The highest BCUT2D eigenvalue weighted by atomic mass is 32.1. The van der Waals surface area contributed by atoms with Crippen molar-refractivity contribution in [3.63, 3.8) is 0 Å². The molecule has 35 heavy (non-hydrogen) atoms. The van der Waals surface area contributed by atoms with Crippen LogP contribution in [0.5, 0.6) is 17.2 Å². The number of amides is 1. The zero-order valence-electron chi connectivity index (χ0n) is 20.7. The van der Waals surface area contributed by atoms with Crippen molar-refractivity contribution in [1.29, 1.82) is 0 Å². The number of hydrogen-bond acceptors (Lipinski definition) is 7. The number of rotatable bonds is 9. The van der Waals surface area contributed by atoms with E-state index in [1.165, 1.54) is 16.9 Å². The molecule has 1 aromatic heterocycles. The zero-order valence-corrected chi connectivity index (χ0v) is 21.5. The van der Waals surface area contributed by atoms with E-state index in [2.05, 4.69) is 22.4 Å². The Morgan fingerprint density at radius 1 is 1.09 bits per heavy atom. The van der Waals surface area contributed by atoms with Gasteiger partial charge in [0, 0.05) is 30.7 Å².